The highest BCUT2D eigenvalue weighted by atomic mass is 19.1. The average molecular weight is 263 g/mol. The molecule has 104 valence electrons. The summed E-state index contributed by atoms with van der Waals surface area (Å²) in [6, 6.07) is 5.46. The van der Waals surface area contributed by atoms with Gasteiger partial charge < -0.3 is 10.1 Å². The van der Waals surface area contributed by atoms with Crippen LogP contribution < -0.4 is 10.1 Å². The van der Waals surface area contributed by atoms with Gasteiger partial charge in [0, 0.05) is 0 Å². The van der Waals surface area contributed by atoms with Gasteiger partial charge in [-0.25, -0.2) is 4.39 Å². The maximum Gasteiger partial charge on any atom is 0.165 e. The number of ether oxygens (including phenoxy) is 1. The Hall–Kier alpha value is -1.09. The molecule has 2 nitrogen and oxygen atoms in total. The second-order valence-electron chi connectivity index (χ2n) is 5.94. The van der Waals surface area contributed by atoms with Crippen molar-refractivity contribution in [3.05, 3.63) is 29.6 Å². The first-order valence-electron chi connectivity index (χ1n) is 7.43. The van der Waals surface area contributed by atoms with Gasteiger partial charge in [-0.2, -0.15) is 0 Å². The van der Waals surface area contributed by atoms with E-state index in [2.05, 4.69) is 5.32 Å². The molecule has 1 aliphatic carbocycles. The molecule has 1 aliphatic heterocycles. The van der Waals surface area contributed by atoms with Crippen molar-refractivity contribution >= 4 is 0 Å². The fraction of sp³-hybridized carbons (Fsp3) is 0.625. The zero-order valence-corrected chi connectivity index (χ0v) is 11.3. The molecule has 1 saturated carbocycles. The van der Waals surface area contributed by atoms with Crippen molar-refractivity contribution in [2.75, 3.05) is 19.7 Å². The summed E-state index contributed by atoms with van der Waals surface area (Å²) in [5.41, 5.74) is 1.09. The maximum absolute atomic E-state index is 13.9. The molecule has 3 heteroatoms. The Morgan fingerprint density at radius 2 is 2.11 bits per heavy atom. The first-order chi connectivity index (χ1) is 9.31. The molecular weight excluding hydrogens is 241 g/mol. The number of rotatable bonds is 5. The van der Waals surface area contributed by atoms with Crippen molar-refractivity contribution < 1.29 is 9.13 Å². The molecule has 1 atom stereocenters. The number of hydrogen-bond donors (Lipinski definition) is 1. The van der Waals surface area contributed by atoms with Crippen molar-refractivity contribution in [3.8, 4) is 5.75 Å². The number of benzene rings is 1. The first-order valence-corrected chi connectivity index (χ1v) is 7.43. The summed E-state index contributed by atoms with van der Waals surface area (Å²) < 4.78 is 19.5. The Labute approximate surface area is 114 Å². The Morgan fingerprint density at radius 3 is 2.79 bits per heavy atom. The van der Waals surface area contributed by atoms with E-state index in [-0.39, 0.29) is 5.82 Å². The van der Waals surface area contributed by atoms with Crippen molar-refractivity contribution in [2.45, 2.75) is 32.1 Å². The standard InChI is InChI=1S/C16H22FNO/c17-15-9-13(8-14-2-1-7-18-10-14)5-6-16(15)19-11-12-3-4-12/h5-6,9,12,14,18H,1-4,7-8,10-11H2. The molecule has 2 aliphatic rings. The zero-order chi connectivity index (χ0) is 13.1. The SMILES string of the molecule is Fc1cc(CC2CCCNC2)ccc1OCC1CC1. The van der Waals surface area contributed by atoms with E-state index in [1.807, 2.05) is 6.07 Å². The molecule has 1 saturated heterocycles. The van der Waals surface area contributed by atoms with Gasteiger partial charge >= 0.3 is 0 Å². The van der Waals surface area contributed by atoms with Crippen LogP contribution in [0.2, 0.25) is 0 Å². The van der Waals surface area contributed by atoms with E-state index in [0.29, 0.717) is 24.2 Å². The molecule has 0 spiro atoms. The summed E-state index contributed by atoms with van der Waals surface area (Å²) in [6.45, 7) is 2.85. The van der Waals surface area contributed by atoms with E-state index in [1.54, 1.807) is 12.1 Å². The third kappa shape index (κ3) is 3.69. The minimum Gasteiger partial charge on any atom is -0.490 e. The van der Waals surface area contributed by atoms with Crippen LogP contribution in [0.3, 0.4) is 0 Å². The van der Waals surface area contributed by atoms with Crippen LogP contribution in [0.5, 0.6) is 5.75 Å². The summed E-state index contributed by atoms with van der Waals surface area (Å²) in [5.74, 6) is 1.51. The van der Waals surface area contributed by atoms with Gasteiger partial charge in [-0.1, -0.05) is 6.07 Å². The number of halogens is 1. The van der Waals surface area contributed by atoms with E-state index in [0.717, 1.165) is 25.1 Å². The number of nitrogens with one attached hydrogen (secondary N) is 1. The fourth-order valence-electron chi connectivity index (χ4n) is 2.71. The van der Waals surface area contributed by atoms with Crippen LogP contribution in [0.15, 0.2) is 18.2 Å². The zero-order valence-electron chi connectivity index (χ0n) is 11.3. The molecule has 19 heavy (non-hydrogen) atoms. The predicted octanol–water partition coefficient (Wildman–Crippen LogP) is 3.16. The third-order valence-corrected chi connectivity index (χ3v) is 4.09. The predicted molar refractivity (Wildman–Crippen MR) is 73.9 cm³/mol. The lowest BCUT2D eigenvalue weighted by molar-refractivity contribution is 0.285. The molecule has 1 unspecified atom stereocenters. The summed E-state index contributed by atoms with van der Waals surface area (Å²) in [7, 11) is 0. The normalized spacial score (nSPS) is 23.3. The molecule has 2 fully saturated rings. The summed E-state index contributed by atoms with van der Waals surface area (Å²) in [5, 5.41) is 3.40. The topological polar surface area (TPSA) is 21.3 Å². The molecule has 0 amide bonds. The van der Waals surface area contributed by atoms with Crippen molar-refractivity contribution in [1.29, 1.82) is 0 Å². The largest absolute Gasteiger partial charge is 0.490 e. The van der Waals surface area contributed by atoms with Crippen molar-refractivity contribution in [1.82, 2.24) is 5.32 Å². The molecule has 1 aromatic rings. The summed E-state index contributed by atoms with van der Waals surface area (Å²) >= 11 is 0. The molecule has 0 bridgehead atoms. The van der Waals surface area contributed by atoms with Crippen LogP contribution in [0.25, 0.3) is 0 Å². The van der Waals surface area contributed by atoms with Gasteiger partial charge in [-0.3, -0.25) is 0 Å². The quantitative estimate of drug-likeness (QED) is 0.881. The Balaban J connectivity index is 1.57. The lowest BCUT2D eigenvalue weighted by Gasteiger charge is -2.22. The molecular formula is C16H22FNO. The van der Waals surface area contributed by atoms with Crippen molar-refractivity contribution in [3.63, 3.8) is 0 Å². The highest BCUT2D eigenvalue weighted by Gasteiger charge is 2.22. The second kappa shape index (κ2) is 5.91. The van der Waals surface area contributed by atoms with Gasteiger partial charge in [0.05, 0.1) is 6.61 Å². The molecule has 0 aromatic heterocycles. The molecule has 0 radical (unpaired) electrons. The molecule has 1 heterocycles. The monoisotopic (exact) mass is 263 g/mol. The van der Waals surface area contributed by atoms with Crippen LogP contribution in [-0.2, 0) is 6.42 Å². The first kappa shape index (κ1) is 12.9. The minimum absolute atomic E-state index is 0.207. The van der Waals surface area contributed by atoms with Gasteiger partial charge in [-0.15, -0.1) is 0 Å². The van der Waals surface area contributed by atoms with Gasteiger partial charge in [-0.05, 0) is 74.7 Å². The Kier molecular flexibility index (Phi) is 4.02. The van der Waals surface area contributed by atoms with Gasteiger partial charge in [0.15, 0.2) is 11.6 Å². The lowest BCUT2D eigenvalue weighted by atomic mass is 9.92. The van der Waals surface area contributed by atoms with Gasteiger partial charge in [0.25, 0.3) is 0 Å². The van der Waals surface area contributed by atoms with Gasteiger partial charge in [0.1, 0.15) is 0 Å². The van der Waals surface area contributed by atoms with Crippen LogP contribution in [0.4, 0.5) is 4.39 Å². The molecule has 3 rings (SSSR count). The summed E-state index contributed by atoms with van der Waals surface area (Å²) in [6.07, 6.45) is 5.90. The molecule has 1 aromatic carbocycles. The third-order valence-electron chi connectivity index (χ3n) is 4.09. The average Bonchev–Trinajstić information content (AvgIpc) is 3.23. The number of piperidine rings is 1. The van der Waals surface area contributed by atoms with E-state index in [1.165, 1.54) is 25.7 Å². The van der Waals surface area contributed by atoms with E-state index in [4.69, 9.17) is 4.74 Å². The number of hydrogen-bond acceptors (Lipinski definition) is 2. The minimum atomic E-state index is -0.207. The van der Waals surface area contributed by atoms with Crippen LogP contribution in [-0.4, -0.2) is 19.7 Å². The van der Waals surface area contributed by atoms with Crippen LogP contribution in [0.1, 0.15) is 31.2 Å². The Morgan fingerprint density at radius 1 is 1.21 bits per heavy atom. The smallest absolute Gasteiger partial charge is 0.165 e. The maximum atomic E-state index is 13.9. The lowest BCUT2D eigenvalue weighted by Crippen LogP contribution is -2.30. The highest BCUT2D eigenvalue weighted by Crippen LogP contribution is 2.30. The van der Waals surface area contributed by atoms with E-state index in [9.17, 15) is 4.39 Å². The van der Waals surface area contributed by atoms with Crippen molar-refractivity contribution in [2.24, 2.45) is 11.8 Å². The van der Waals surface area contributed by atoms with Gasteiger partial charge in [0.2, 0.25) is 0 Å². The van der Waals surface area contributed by atoms with Crippen LogP contribution >= 0.6 is 0 Å². The van der Waals surface area contributed by atoms with E-state index < -0.39 is 0 Å². The molecule has 1 N–H and O–H groups in total. The highest BCUT2D eigenvalue weighted by molar-refractivity contribution is 5.29. The summed E-state index contributed by atoms with van der Waals surface area (Å²) in [4.78, 5) is 0. The fourth-order valence-corrected chi connectivity index (χ4v) is 2.71. The Bertz CT molecular complexity index is 425. The second-order valence-corrected chi connectivity index (χ2v) is 5.94. The van der Waals surface area contributed by atoms with Crippen LogP contribution in [0, 0.1) is 17.7 Å². The van der Waals surface area contributed by atoms with E-state index >= 15 is 0 Å².